The molecule has 1 amide bonds. The fourth-order valence-corrected chi connectivity index (χ4v) is 2.17. The van der Waals surface area contributed by atoms with Crippen LogP contribution in [0.3, 0.4) is 0 Å². The van der Waals surface area contributed by atoms with Gasteiger partial charge in [0.1, 0.15) is 5.82 Å². The van der Waals surface area contributed by atoms with Crippen LogP contribution >= 0.6 is 15.9 Å². The van der Waals surface area contributed by atoms with Crippen LogP contribution in [0, 0.1) is 5.82 Å². The molecule has 0 radical (unpaired) electrons. The van der Waals surface area contributed by atoms with Gasteiger partial charge in [0.25, 0.3) is 0 Å². The summed E-state index contributed by atoms with van der Waals surface area (Å²) in [4.78, 5) is 11.7. The van der Waals surface area contributed by atoms with E-state index in [0.29, 0.717) is 12.1 Å². The minimum atomic E-state index is -0.361. The lowest BCUT2D eigenvalue weighted by Crippen LogP contribution is -2.43. The Kier molecular flexibility index (Phi) is 6.45. The van der Waals surface area contributed by atoms with Crippen molar-refractivity contribution >= 4 is 21.8 Å². The molecule has 1 aromatic carbocycles. The standard InChI is InChI=1S/C14H20BrFN2O/c1-4-7-17-14(19)10(3)18-9(2)12-8-11(15)5-6-13(12)16/h5-6,8-10,18H,4,7H2,1-3H3,(H,17,19). The quantitative estimate of drug-likeness (QED) is 0.841. The van der Waals surface area contributed by atoms with E-state index in [9.17, 15) is 9.18 Å². The molecule has 5 heteroatoms. The molecule has 2 N–H and O–H groups in total. The molecule has 3 nitrogen and oxygen atoms in total. The molecule has 0 aromatic heterocycles. The van der Waals surface area contributed by atoms with Crippen molar-refractivity contribution in [3.8, 4) is 0 Å². The van der Waals surface area contributed by atoms with Crippen LogP contribution in [0.2, 0.25) is 0 Å². The summed E-state index contributed by atoms with van der Waals surface area (Å²) in [7, 11) is 0. The second-order valence-electron chi connectivity index (χ2n) is 4.57. The number of carbonyl (C=O) groups is 1. The summed E-state index contributed by atoms with van der Waals surface area (Å²) in [5.41, 5.74) is 0.546. The van der Waals surface area contributed by atoms with Crippen LogP contribution in [0.25, 0.3) is 0 Å². The summed E-state index contributed by atoms with van der Waals surface area (Å²) in [6, 6.07) is 4.20. The minimum Gasteiger partial charge on any atom is -0.355 e. The fraction of sp³-hybridized carbons (Fsp3) is 0.500. The largest absolute Gasteiger partial charge is 0.355 e. The average molecular weight is 331 g/mol. The highest BCUT2D eigenvalue weighted by molar-refractivity contribution is 9.10. The molecule has 0 heterocycles. The molecule has 0 saturated heterocycles. The predicted molar refractivity (Wildman–Crippen MR) is 78.4 cm³/mol. The third-order valence-electron chi connectivity index (χ3n) is 2.87. The molecule has 0 aliphatic heterocycles. The van der Waals surface area contributed by atoms with Crippen LogP contribution in [-0.4, -0.2) is 18.5 Å². The summed E-state index contributed by atoms with van der Waals surface area (Å²) in [6.45, 7) is 6.27. The van der Waals surface area contributed by atoms with Crippen molar-refractivity contribution in [3.05, 3.63) is 34.1 Å². The number of halogens is 2. The Hall–Kier alpha value is -0.940. The smallest absolute Gasteiger partial charge is 0.236 e. The number of carbonyl (C=O) groups excluding carboxylic acids is 1. The van der Waals surface area contributed by atoms with Crippen LogP contribution in [0.1, 0.15) is 38.8 Å². The summed E-state index contributed by atoms with van der Waals surface area (Å²) in [5, 5.41) is 5.91. The third-order valence-corrected chi connectivity index (χ3v) is 3.36. The third kappa shape index (κ3) is 4.91. The van der Waals surface area contributed by atoms with Gasteiger partial charge in [-0.15, -0.1) is 0 Å². The van der Waals surface area contributed by atoms with E-state index in [4.69, 9.17) is 0 Å². The van der Waals surface area contributed by atoms with E-state index in [0.717, 1.165) is 10.9 Å². The molecule has 0 fully saturated rings. The molecule has 106 valence electrons. The van der Waals surface area contributed by atoms with Gasteiger partial charge in [-0.2, -0.15) is 0 Å². The SMILES string of the molecule is CCCNC(=O)C(C)NC(C)c1cc(Br)ccc1F. The molecular weight excluding hydrogens is 311 g/mol. The molecule has 0 spiro atoms. The minimum absolute atomic E-state index is 0.0656. The number of nitrogens with one attached hydrogen (secondary N) is 2. The molecule has 19 heavy (non-hydrogen) atoms. The van der Waals surface area contributed by atoms with Gasteiger partial charge in [-0.3, -0.25) is 10.1 Å². The van der Waals surface area contributed by atoms with Gasteiger partial charge in [-0.05, 0) is 38.5 Å². The Morgan fingerprint density at radius 2 is 2.11 bits per heavy atom. The maximum Gasteiger partial charge on any atom is 0.236 e. The first-order chi connectivity index (χ1) is 8.95. The molecule has 0 saturated carbocycles. The first kappa shape index (κ1) is 16.1. The summed E-state index contributed by atoms with van der Waals surface area (Å²) < 4.78 is 14.5. The zero-order valence-electron chi connectivity index (χ0n) is 11.5. The Morgan fingerprint density at radius 3 is 2.74 bits per heavy atom. The average Bonchev–Trinajstić information content (AvgIpc) is 2.38. The Labute approximate surface area is 122 Å². The highest BCUT2D eigenvalue weighted by Crippen LogP contribution is 2.21. The van der Waals surface area contributed by atoms with Gasteiger partial charge in [-0.25, -0.2) is 4.39 Å². The van der Waals surface area contributed by atoms with Crippen LogP contribution in [0.4, 0.5) is 4.39 Å². The summed E-state index contributed by atoms with van der Waals surface area (Å²) in [6.07, 6.45) is 0.897. The molecule has 0 aliphatic rings. The van der Waals surface area contributed by atoms with Crippen molar-refractivity contribution in [2.45, 2.75) is 39.3 Å². The van der Waals surface area contributed by atoms with E-state index < -0.39 is 0 Å². The highest BCUT2D eigenvalue weighted by Gasteiger charge is 2.18. The maximum absolute atomic E-state index is 13.7. The van der Waals surface area contributed by atoms with E-state index in [-0.39, 0.29) is 23.8 Å². The van der Waals surface area contributed by atoms with Crippen molar-refractivity contribution in [1.29, 1.82) is 0 Å². The zero-order chi connectivity index (χ0) is 14.4. The highest BCUT2D eigenvalue weighted by atomic mass is 79.9. The molecule has 1 rings (SSSR count). The molecule has 1 aromatic rings. The van der Waals surface area contributed by atoms with Crippen LogP contribution in [-0.2, 0) is 4.79 Å². The van der Waals surface area contributed by atoms with Gasteiger partial charge in [0, 0.05) is 22.6 Å². The normalized spacial score (nSPS) is 13.9. The van der Waals surface area contributed by atoms with Gasteiger partial charge >= 0.3 is 0 Å². The Balaban J connectivity index is 2.65. The monoisotopic (exact) mass is 330 g/mol. The lowest BCUT2D eigenvalue weighted by molar-refractivity contribution is -0.122. The van der Waals surface area contributed by atoms with Crippen molar-refractivity contribution < 1.29 is 9.18 Å². The van der Waals surface area contributed by atoms with Gasteiger partial charge in [-0.1, -0.05) is 22.9 Å². The zero-order valence-corrected chi connectivity index (χ0v) is 13.1. The molecule has 0 aliphatic carbocycles. The Morgan fingerprint density at radius 1 is 1.42 bits per heavy atom. The molecule has 2 unspecified atom stereocenters. The topological polar surface area (TPSA) is 41.1 Å². The number of hydrogen-bond acceptors (Lipinski definition) is 2. The van der Waals surface area contributed by atoms with Crippen LogP contribution in [0.5, 0.6) is 0 Å². The number of benzene rings is 1. The second kappa shape index (κ2) is 7.60. The Bertz CT molecular complexity index is 439. The lowest BCUT2D eigenvalue weighted by Gasteiger charge is -2.20. The predicted octanol–water partition coefficient (Wildman–Crippen LogP) is 3.15. The lowest BCUT2D eigenvalue weighted by atomic mass is 10.1. The van der Waals surface area contributed by atoms with Crippen molar-refractivity contribution in [3.63, 3.8) is 0 Å². The number of hydrogen-bond donors (Lipinski definition) is 2. The summed E-state index contributed by atoms with van der Waals surface area (Å²) in [5.74, 6) is -0.339. The number of rotatable bonds is 6. The molecule has 2 atom stereocenters. The van der Waals surface area contributed by atoms with Gasteiger partial charge < -0.3 is 5.32 Å². The maximum atomic E-state index is 13.7. The molecule has 0 bridgehead atoms. The van der Waals surface area contributed by atoms with E-state index >= 15 is 0 Å². The fourth-order valence-electron chi connectivity index (χ4n) is 1.79. The van der Waals surface area contributed by atoms with E-state index in [1.807, 2.05) is 13.8 Å². The van der Waals surface area contributed by atoms with E-state index in [1.54, 1.807) is 19.1 Å². The van der Waals surface area contributed by atoms with Crippen LogP contribution < -0.4 is 10.6 Å². The van der Waals surface area contributed by atoms with Crippen LogP contribution in [0.15, 0.2) is 22.7 Å². The van der Waals surface area contributed by atoms with E-state index in [2.05, 4.69) is 26.6 Å². The first-order valence-electron chi connectivity index (χ1n) is 6.44. The summed E-state index contributed by atoms with van der Waals surface area (Å²) >= 11 is 3.32. The van der Waals surface area contributed by atoms with Gasteiger partial charge in [0.2, 0.25) is 5.91 Å². The van der Waals surface area contributed by atoms with Gasteiger partial charge in [0.15, 0.2) is 0 Å². The second-order valence-corrected chi connectivity index (χ2v) is 5.48. The van der Waals surface area contributed by atoms with Crippen molar-refractivity contribution in [2.75, 3.05) is 6.54 Å². The number of amides is 1. The first-order valence-corrected chi connectivity index (χ1v) is 7.23. The van der Waals surface area contributed by atoms with Gasteiger partial charge in [0.05, 0.1) is 6.04 Å². The molecular formula is C14H20BrFN2O. The van der Waals surface area contributed by atoms with Crippen molar-refractivity contribution in [1.82, 2.24) is 10.6 Å². The van der Waals surface area contributed by atoms with Crippen molar-refractivity contribution in [2.24, 2.45) is 0 Å². The van der Waals surface area contributed by atoms with E-state index in [1.165, 1.54) is 6.07 Å².